The zero-order valence-corrected chi connectivity index (χ0v) is 16.0. The van der Waals surface area contributed by atoms with E-state index in [1.54, 1.807) is 42.5 Å². The van der Waals surface area contributed by atoms with E-state index in [9.17, 15) is 9.59 Å². The third kappa shape index (κ3) is 5.76. The molecule has 0 saturated carbocycles. The number of nitriles is 1. The zero-order chi connectivity index (χ0) is 19.1. The molecule has 0 fully saturated rings. The predicted octanol–water partition coefficient (Wildman–Crippen LogP) is 3.92. The van der Waals surface area contributed by atoms with Gasteiger partial charge in [-0.1, -0.05) is 11.6 Å². The lowest BCUT2D eigenvalue weighted by Crippen LogP contribution is -2.31. The first kappa shape index (κ1) is 19.8. The lowest BCUT2D eigenvalue weighted by molar-refractivity contribution is -0.155. The molecule has 134 valence electrons. The Morgan fingerprint density at radius 1 is 1.27 bits per heavy atom. The lowest BCUT2D eigenvalue weighted by Gasteiger charge is -2.14. The van der Waals surface area contributed by atoms with Gasteiger partial charge in [0.2, 0.25) is 0 Å². The maximum atomic E-state index is 12.1. The largest absolute Gasteiger partial charge is 0.481 e. The van der Waals surface area contributed by atoms with Crippen LogP contribution in [0.25, 0.3) is 0 Å². The highest BCUT2D eigenvalue weighted by atomic mass is 79.9. The Morgan fingerprint density at radius 2 is 1.96 bits per heavy atom. The number of amides is 1. The van der Waals surface area contributed by atoms with Crippen LogP contribution in [0.2, 0.25) is 5.02 Å². The van der Waals surface area contributed by atoms with E-state index in [0.717, 1.165) is 0 Å². The van der Waals surface area contributed by atoms with Crippen molar-refractivity contribution in [2.75, 3.05) is 11.9 Å². The van der Waals surface area contributed by atoms with Gasteiger partial charge >= 0.3 is 5.97 Å². The average molecular weight is 438 g/mol. The molecule has 2 aromatic carbocycles. The first-order valence-electron chi connectivity index (χ1n) is 7.47. The zero-order valence-electron chi connectivity index (χ0n) is 13.7. The van der Waals surface area contributed by atoms with Crippen LogP contribution in [-0.2, 0) is 14.3 Å². The molecule has 0 spiro atoms. The maximum absolute atomic E-state index is 12.1. The molecule has 8 heteroatoms. The van der Waals surface area contributed by atoms with Crippen LogP contribution >= 0.6 is 27.5 Å². The number of halogens is 2. The molecule has 1 amide bonds. The van der Waals surface area contributed by atoms with Gasteiger partial charge in [0.05, 0.1) is 16.1 Å². The highest BCUT2D eigenvalue weighted by Gasteiger charge is 2.18. The molecular weight excluding hydrogens is 424 g/mol. The third-order valence-corrected chi connectivity index (χ3v) is 4.05. The summed E-state index contributed by atoms with van der Waals surface area (Å²) in [6, 6.07) is 13.2. The van der Waals surface area contributed by atoms with Crippen molar-refractivity contribution in [1.29, 1.82) is 5.26 Å². The Hall–Kier alpha value is -2.56. The van der Waals surface area contributed by atoms with Gasteiger partial charge in [-0.25, -0.2) is 4.79 Å². The normalized spacial score (nSPS) is 11.2. The van der Waals surface area contributed by atoms with Gasteiger partial charge in [-0.15, -0.1) is 0 Å². The third-order valence-electron chi connectivity index (χ3n) is 3.20. The van der Waals surface area contributed by atoms with Crippen molar-refractivity contribution in [3.8, 4) is 11.8 Å². The fraction of sp³-hybridized carbons (Fsp3) is 0.167. The van der Waals surface area contributed by atoms with Crippen molar-refractivity contribution in [1.82, 2.24) is 0 Å². The van der Waals surface area contributed by atoms with Crippen molar-refractivity contribution < 1.29 is 19.1 Å². The van der Waals surface area contributed by atoms with Gasteiger partial charge in [0, 0.05) is 10.7 Å². The molecule has 0 bridgehead atoms. The Labute approximate surface area is 163 Å². The number of ether oxygens (including phenoxy) is 2. The number of hydrogen-bond acceptors (Lipinski definition) is 5. The summed E-state index contributed by atoms with van der Waals surface area (Å²) in [5.74, 6) is -0.744. The molecule has 0 radical (unpaired) electrons. The van der Waals surface area contributed by atoms with Crippen molar-refractivity contribution >= 4 is 45.1 Å². The van der Waals surface area contributed by atoms with Crippen molar-refractivity contribution in [2.24, 2.45) is 0 Å². The number of benzene rings is 2. The van der Waals surface area contributed by atoms with E-state index in [1.165, 1.54) is 6.92 Å². The summed E-state index contributed by atoms with van der Waals surface area (Å²) in [6.07, 6.45) is -1.00. The summed E-state index contributed by atoms with van der Waals surface area (Å²) in [5.41, 5.74) is 0.978. The van der Waals surface area contributed by atoms with Crippen molar-refractivity contribution in [2.45, 2.75) is 13.0 Å². The minimum atomic E-state index is -1.00. The second-order valence-corrected chi connectivity index (χ2v) is 6.46. The number of carbonyl (C=O) groups is 2. The van der Waals surface area contributed by atoms with Crippen LogP contribution in [0.3, 0.4) is 0 Å². The van der Waals surface area contributed by atoms with E-state index < -0.39 is 18.0 Å². The Kier molecular flexibility index (Phi) is 7.01. The van der Waals surface area contributed by atoms with E-state index in [1.807, 2.05) is 6.07 Å². The standard InChI is InChI=1S/C18H14BrClN2O4/c1-11(18(24)22-14-5-2-12(9-21)3-6-14)26-17(23)10-25-16-7-4-13(20)8-15(16)19/h2-8,11H,10H2,1H3,(H,22,24)/t11-/m1/s1. The molecule has 0 aliphatic carbocycles. The molecule has 0 aromatic heterocycles. The summed E-state index contributed by atoms with van der Waals surface area (Å²) in [5, 5.41) is 11.9. The van der Waals surface area contributed by atoms with Crippen LogP contribution in [0, 0.1) is 11.3 Å². The van der Waals surface area contributed by atoms with E-state index in [4.69, 9.17) is 26.3 Å². The number of nitrogens with one attached hydrogen (secondary N) is 1. The minimum Gasteiger partial charge on any atom is -0.481 e. The van der Waals surface area contributed by atoms with Crippen LogP contribution in [-0.4, -0.2) is 24.6 Å². The van der Waals surface area contributed by atoms with Gasteiger partial charge in [-0.05, 0) is 65.3 Å². The molecule has 26 heavy (non-hydrogen) atoms. The summed E-state index contributed by atoms with van der Waals surface area (Å²) < 4.78 is 11.0. The van der Waals surface area contributed by atoms with Gasteiger partial charge < -0.3 is 14.8 Å². The molecule has 0 aliphatic rings. The summed E-state index contributed by atoms with van der Waals surface area (Å²) in [7, 11) is 0. The Bertz CT molecular complexity index is 849. The Balaban J connectivity index is 1.83. The van der Waals surface area contributed by atoms with Crippen LogP contribution in [0.15, 0.2) is 46.9 Å². The summed E-state index contributed by atoms with van der Waals surface area (Å²) in [4.78, 5) is 23.9. The molecule has 2 rings (SSSR count). The maximum Gasteiger partial charge on any atom is 0.344 e. The van der Waals surface area contributed by atoms with Crippen LogP contribution < -0.4 is 10.1 Å². The monoisotopic (exact) mass is 436 g/mol. The summed E-state index contributed by atoms with van der Waals surface area (Å²) in [6.45, 7) is 1.10. The van der Waals surface area contributed by atoms with Gasteiger partial charge in [0.25, 0.3) is 5.91 Å². The van der Waals surface area contributed by atoms with Gasteiger partial charge in [-0.3, -0.25) is 4.79 Å². The van der Waals surface area contributed by atoms with E-state index >= 15 is 0 Å². The van der Waals surface area contributed by atoms with Crippen LogP contribution in [0.5, 0.6) is 5.75 Å². The first-order chi connectivity index (χ1) is 12.4. The van der Waals surface area contributed by atoms with Gasteiger partial charge in [0.15, 0.2) is 12.7 Å². The fourth-order valence-electron chi connectivity index (χ4n) is 1.89. The molecule has 6 nitrogen and oxygen atoms in total. The van der Waals surface area contributed by atoms with E-state index in [0.29, 0.717) is 26.5 Å². The molecule has 0 saturated heterocycles. The van der Waals surface area contributed by atoms with Crippen molar-refractivity contribution in [3.05, 3.63) is 57.5 Å². The van der Waals surface area contributed by atoms with E-state index in [2.05, 4.69) is 21.2 Å². The quantitative estimate of drug-likeness (QED) is 0.692. The number of hydrogen-bond donors (Lipinski definition) is 1. The molecular formula is C18H14BrClN2O4. The highest BCUT2D eigenvalue weighted by Crippen LogP contribution is 2.27. The van der Waals surface area contributed by atoms with E-state index in [-0.39, 0.29) is 6.61 Å². The van der Waals surface area contributed by atoms with Crippen LogP contribution in [0.4, 0.5) is 5.69 Å². The molecule has 1 N–H and O–H groups in total. The molecule has 0 heterocycles. The lowest BCUT2D eigenvalue weighted by atomic mass is 10.2. The number of carbonyl (C=O) groups excluding carboxylic acids is 2. The number of rotatable bonds is 6. The molecule has 0 unspecified atom stereocenters. The number of nitrogens with zero attached hydrogens (tertiary/aromatic N) is 1. The molecule has 1 atom stereocenters. The SMILES string of the molecule is C[C@@H](OC(=O)COc1ccc(Cl)cc1Br)C(=O)Nc1ccc(C#N)cc1. The molecule has 0 aliphatic heterocycles. The average Bonchev–Trinajstić information content (AvgIpc) is 2.61. The topological polar surface area (TPSA) is 88.4 Å². The van der Waals surface area contributed by atoms with Crippen LogP contribution in [0.1, 0.15) is 12.5 Å². The second-order valence-electron chi connectivity index (χ2n) is 5.17. The van der Waals surface area contributed by atoms with Crippen molar-refractivity contribution in [3.63, 3.8) is 0 Å². The minimum absolute atomic E-state index is 0.352. The first-order valence-corrected chi connectivity index (χ1v) is 8.64. The smallest absolute Gasteiger partial charge is 0.344 e. The number of anilines is 1. The predicted molar refractivity (Wildman–Crippen MR) is 100.0 cm³/mol. The highest BCUT2D eigenvalue weighted by molar-refractivity contribution is 9.10. The number of esters is 1. The second kappa shape index (κ2) is 9.22. The van der Waals surface area contributed by atoms with Gasteiger partial charge in [-0.2, -0.15) is 5.26 Å². The fourth-order valence-corrected chi connectivity index (χ4v) is 2.68. The Morgan fingerprint density at radius 3 is 2.58 bits per heavy atom. The van der Waals surface area contributed by atoms with Gasteiger partial charge in [0.1, 0.15) is 5.75 Å². The molecule has 2 aromatic rings. The summed E-state index contributed by atoms with van der Waals surface area (Å²) >= 11 is 9.10.